The minimum atomic E-state index is -0.831. The predicted octanol–water partition coefficient (Wildman–Crippen LogP) is 2.90. The van der Waals surface area contributed by atoms with Gasteiger partial charge in [0.05, 0.1) is 18.5 Å². The first kappa shape index (κ1) is 20.9. The first-order valence-corrected chi connectivity index (χ1v) is 9.35. The third kappa shape index (κ3) is 5.79. The van der Waals surface area contributed by atoms with Gasteiger partial charge < -0.3 is 10.1 Å². The van der Waals surface area contributed by atoms with Crippen molar-refractivity contribution < 1.29 is 19.1 Å². The number of likely N-dealkylation sites (tertiary alicyclic amines) is 1. The highest BCUT2D eigenvalue weighted by atomic mass is 79.9. The van der Waals surface area contributed by atoms with Gasteiger partial charge in [0.2, 0.25) is 5.91 Å². The number of hydrogen-bond acceptors (Lipinski definition) is 5. The summed E-state index contributed by atoms with van der Waals surface area (Å²) in [7, 11) is 0. The van der Waals surface area contributed by atoms with Crippen molar-refractivity contribution in [3.63, 3.8) is 0 Å². The molecule has 7 nitrogen and oxygen atoms in total. The zero-order chi connectivity index (χ0) is 20.2. The molecule has 0 aromatic heterocycles. The second-order valence-electron chi connectivity index (χ2n) is 7.36. The fourth-order valence-electron chi connectivity index (χ4n) is 2.72. The third-order valence-corrected chi connectivity index (χ3v) is 4.53. The number of carbonyl (C=O) groups is 3. The Bertz CT molecular complexity index is 765. The van der Waals surface area contributed by atoms with E-state index < -0.39 is 29.6 Å². The maximum Gasteiger partial charge on any atom is 0.411 e. The van der Waals surface area contributed by atoms with Crippen LogP contribution in [0.3, 0.4) is 0 Å². The Balaban J connectivity index is 2.01. The van der Waals surface area contributed by atoms with E-state index in [1.807, 2.05) is 0 Å². The van der Waals surface area contributed by atoms with Crippen molar-refractivity contribution >= 4 is 33.7 Å². The summed E-state index contributed by atoms with van der Waals surface area (Å²) in [6.07, 6.45) is -0.423. The summed E-state index contributed by atoms with van der Waals surface area (Å²) in [6.45, 7) is 5.14. The summed E-state index contributed by atoms with van der Waals surface area (Å²) in [5, 5.41) is 11.7. The van der Waals surface area contributed by atoms with Crippen LogP contribution in [0.4, 0.5) is 4.79 Å². The molecule has 1 aromatic carbocycles. The lowest BCUT2D eigenvalue weighted by atomic mass is 10.1. The van der Waals surface area contributed by atoms with E-state index in [-0.39, 0.29) is 25.3 Å². The van der Waals surface area contributed by atoms with Crippen LogP contribution in [-0.4, -0.2) is 47.4 Å². The molecule has 1 fully saturated rings. The van der Waals surface area contributed by atoms with E-state index in [0.29, 0.717) is 5.56 Å². The molecule has 1 aliphatic rings. The number of amides is 2. The van der Waals surface area contributed by atoms with Crippen molar-refractivity contribution in [2.75, 3.05) is 13.1 Å². The van der Waals surface area contributed by atoms with Crippen molar-refractivity contribution in [3.8, 4) is 6.07 Å². The molecule has 8 heteroatoms. The van der Waals surface area contributed by atoms with Crippen molar-refractivity contribution in [2.24, 2.45) is 5.92 Å². The number of ketones is 1. The molecule has 2 rings (SSSR count). The molecule has 144 valence electrons. The molecule has 2 amide bonds. The summed E-state index contributed by atoms with van der Waals surface area (Å²) in [5.41, 5.74) is -0.232. The lowest BCUT2D eigenvalue weighted by Gasteiger charge is -2.27. The van der Waals surface area contributed by atoms with E-state index >= 15 is 0 Å². The first-order chi connectivity index (χ1) is 12.6. The number of nitrogens with one attached hydrogen (secondary N) is 1. The predicted molar refractivity (Wildman–Crippen MR) is 102 cm³/mol. The van der Waals surface area contributed by atoms with Gasteiger partial charge in [-0.15, -0.1) is 0 Å². The van der Waals surface area contributed by atoms with Crippen LogP contribution in [0.15, 0.2) is 28.7 Å². The number of nitrogens with zero attached hydrogens (tertiary/aromatic N) is 2. The normalized spacial score (nSPS) is 19.3. The molecule has 2 atom stereocenters. The van der Waals surface area contributed by atoms with Crippen LogP contribution in [-0.2, 0) is 9.53 Å². The standard InChI is InChI=1S/C19H22BrN3O4/c1-19(2,3)27-18(26)23-11-12(9-21)8-15(23)17(25)22-10-16(24)13-4-6-14(20)7-5-13/h4-7,12,15H,8,10-11H2,1-3H3,(H,22,25)/t12-,15+/m1/s1. The summed E-state index contributed by atoms with van der Waals surface area (Å²) in [6, 6.07) is 8.07. The van der Waals surface area contributed by atoms with E-state index in [0.717, 1.165) is 4.47 Å². The van der Waals surface area contributed by atoms with Crippen LogP contribution >= 0.6 is 15.9 Å². The van der Waals surface area contributed by atoms with Crippen LogP contribution < -0.4 is 5.32 Å². The number of carbonyl (C=O) groups excluding carboxylic acids is 3. The average molecular weight is 436 g/mol. The van der Waals surface area contributed by atoms with Crippen molar-refractivity contribution in [1.29, 1.82) is 5.26 Å². The number of hydrogen-bond donors (Lipinski definition) is 1. The van der Waals surface area contributed by atoms with Gasteiger partial charge in [-0.2, -0.15) is 5.26 Å². The Labute approximate surface area is 166 Å². The zero-order valence-corrected chi connectivity index (χ0v) is 17.1. The summed E-state index contributed by atoms with van der Waals surface area (Å²) < 4.78 is 6.18. The molecule has 0 spiro atoms. The van der Waals surface area contributed by atoms with Crippen molar-refractivity contribution in [3.05, 3.63) is 34.3 Å². The zero-order valence-electron chi connectivity index (χ0n) is 15.5. The van der Waals surface area contributed by atoms with Gasteiger partial charge in [0, 0.05) is 16.6 Å². The van der Waals surface area contributed by atoms with Crippen LogP contribution in [0.25, 0.3) is 0 Å². The van der Waals surface area contributed by atoms with E-state index in [4.69, 9.17) is 10.00 Å². The SMILES string of the molecule is CC(C)(C)OC(=O)N1C[C@@H](C#N)C[C@H]1C(=O)NCC(=O)c1ccc(Br)cc1. The molecule has 0 bridgehead atoms. The van der Waals surface area contributed by atoms with Crippen LogP contribution in [0.5, 0.6) is 0 Å². The summed E-state index contributed by atoms with van der Waals surface area (Å²) >= 11 is 3.30. The van der Waals surface area contributed by atoms with E-state index in [1.165, 1.54) is 4.90 Å². The van der Waals surface area contributed by atoms with Crippen LogP contribution in [0, 0.1) is 17.2 Å². The largest absolute Gasteiger partial charge is 0.444 e. The minimum Gasteiger partial charge on any atom is -0.444 e. The highest BCUT2D eigenvalue weighted by Gasteiger charge is 2.41. The minimum absolute atomic E-state index is 0.129. The topological polar surface area (TPSA) is 99.5 Å². The summed E-state index contributed by atoms with van der Waals surface area (Å²) in [5.74, 6) is -1.16. The molecule has 1 heterocycles. The number of halogens is 1. The molecule has 0 unspecified atom stereocenters. The molecule has 1 aliphatic heterocycles. The molecule has 0 radical (unpaired) electrons. The molecule has 0 aliphatic carbocycles. The van der Waals surface area contributed by atoms with Crippen molar-refractivity contribution in [2.45, 2.75) is 38.8 Å². The molecule has 0 saturated carbocycles. The lowest BCUT2D eigenvalue weighted by Crippen LogP contribution is -2.48. The fourth-order valence-corrected chi connectivity index (χ4v) is 2.99. The second kappa shape index (κ2) is 8.53. The Kier molecular flexibility index (Phi) is 6.60. The average Bonchev–Trinajstić information content (AvgIpc) is 3.03. The van der Waals surface area contributed by atoms with Crippen LogP contribution in [0.2, 0.25) is 0 Å². The molecular weight excluding hydrogens is 414 g/mol. The van der Waals surface area contributed by atoms with E-state index in [2.05, 4.69) is 27.3 Å². The molecule has 1 aromatic rings. The molecule has 1 saturated heterocycles. The summed E-state index contributed by atoms with van der Waals surface area (Å²) in [4.78, 5) is 38.4. The monoisotopic (exact) mass is 435 g/mol. The van der Waals surface area contributed by atoms with Gasteiger partial charge in [-0.1, -0.05) is 28.1 Å². The van der Waals surface area contributed by atoms with Gasteiger partial charge in [0.1, 0.15) is 11.6 Å². The quantitative estimate of drug-likeness (QED) is 0.732. The van der Waals surface area contributed by atoms with Gasteiger partial charge in [0.15, 0.2) is 5.78 Å². The van der Waals surface area contributed by atoms with Gasteiger partial charge in [-0.3, -0.25) is 14.5 Å². The molecule has 27 heavy (non-hydrogen) atoms. The van der Waals surface area contributed by atoms with E-state index in [9.17, 15) is 14.4 Å². The maximum atomic E-state index is 12.5. The Morgan fingerprint density at radius 1 is 1.30 bits per heavy atom. The van der Waals surface area contributed by atoms with Crippen LogP contribution in [0.1, 0.15) is 37.6 Å². The molecular formula is C19H22BrN3O4. The van der Waals surface area contributed by atoms with Gasteiger partial charge >= 0.3 is 6.09 Å². The first-order valence-electron chi connectivity index (χ1n) is 8.56. The lowest BCUT2D eigenvalue weighted by molar-refractivity contribution is -0.125. The number of Topliss-reactive ketones (excluding diaryl/α,β-unsaturated/α-hetero) is 1. The Hall–Kier alpha value is -2.40. The maximum absolute atomic E-state index is 12.5. The molecule has 1 N–H and O–H groups in total. The van der Waals surface area contributed by atoms with E-state index in [1.54, 1.807) is 45.0 Å². The fraction of sp³-hybridized carbons (Fsp3) is 0.474. The number of ether oxygens (including phenoxy) is 1. The smallest absolute Gasteiger partial charge is 0.411 e. The number of rotatable bonds is 4. The second-order valence-corrected chi connectivity index (χ2v) is 8.27. The Morgan fingerprint density at radius 3 is 2.48 bits per heavy atom. The Morgan fingerprint density at radius 2 is 1.93 bits per heavy atom. The number of benzene rings is 1. The highest BCUT2D eigenvalue weighted by molar-refractivity contribution is 9.10. The third-order valence-electron chi connectivity index (χ3n) is 4.00. The van der Waals surface area contributed by atoms with Crippen molar-refractivity contribution in [1.82, 2.24) is 10.2 Å². The highest BCUT2D eigenvalue weighted by Crippen LogP contribution is 2.25. The number of nitriles is 1. The van der Waals surface area contributed by atoms with Gasteiger partial charge in [0.25, 0.3) is 0 Å². The van der Waals surface area contributed by atoms with Gasteiger partial charge in [-0.25, -0.2) is 4.79 Å². The van der Waals surface area contributed by atoms with Gasteiger partial charge in [-0.05, 0) is 39.3 Å².